The molecule has 2 rings (SSSR count). The lowest BCUT2D eigenvalue weighted by Crippen LogP contribution is -2.63. The van der Waals surface area contributed by atoms with Gasteiger partial charge in [-0.3, -0.25) is 0 Å². The minimum absolute atomic E-state index is 0.0851. The maximum absolute atomic E-state index is 10.4. The molecule has 0 radical (unpaired) electrons. The van der Waals surface area contributed by atoms with Gasteiger partial charge in [0, 0.05) is 6.54 Å². The molecule has 160 valence electrons. The summed E-state index contributed by atoms with van der Waals surface area (Å²) in [5.41, 5.74) is 10.9. The molecule has 13 heteroatoms. The van der Waals surface area contributed by atoms with Crippen LogP contribution in [0.2, 0.25) is 0 Å². The van der Waals surface area contributed by atoms with Crippen molar-refractivity contribution in [1.82, 2.24) is 0 Å². The molecule has 0 aromatic heterocycles. The van der Waals surface area contributed by atoms with Gasteiger partial charge in [-0.1, -0.05) is 0 Å². The van der Waals surface area contributed by atoms with Crippen molar-refractivity contribution in [3.8, 4) is 0 Å². The van der Waals surface area contributed by atoms with Crippen LogP contribution in [0.3, 0.4) is 0 Å². The summed E-state index contributed by atoms with van der Waals surface area (Å²) in [6.45, 7) is -2.02. The van der Waals surface area contributed by atoms with E-state index in [-0.39, 0.29) is 6.54 Å². The molecule has 1 unspecified atom stereocenters. The second-order valence-corrected chi connectivity index (χ2v) is 6.49. The van der Waals surface area contributed by atoms with Crippen molar-refractivity contribution >= 4 is 0 Å². The summed E-state index contributed by atoms with van der Waals surface area (Å²) in [6, 6.07) is 0. The van der Waals surface area contributed by atoms with Crippen LogP contribution in [0.5, 0.6) is 0 Å². The molecule has 0 saturated carbocycles. The third-order valence-electron chi connectivity index (χ3n) is 4.58. The third-order valence-corrected chi connectivity index (χ3v) is 4.58. The highest BCUT2D eigenvalue weighted by atomic mass is 16.8. The predicted octanol–water partition coefficient (Wildman–Crippen LogP) is -6.13. The Labute approximate surface area is 154 Å². The topological polar surface area (TPSA) is 231 Å². The molecular formula is C14H28N2O11. The van der Waals surface area contributed by atoms with Gasteiger partial charge >= 0.3 is 0 Å². The number of ether oxygens (including phenoxy) is 4. The minimum Gasteiger partial charge on any atom is -0.394 e. The highest BCUT2D eigenvalue weighted by Gasteiger charge is 2.58. The third kappa shape index (κ3) is 4.56. The predicted molar refractivity (Wildman–Crippen MR) is 84.5 cm³/mol. The highest BCUT2D eigenvalue weighted by molar-refractivity contribution is 4.99. The quantitative estimate of drug-likeness (QED) is 0.173. The number of hydrogen-bond donors (Lipinski definition) is 9. The van der Waals surface area contributed by atoms with E-state index in [2.05, 4.69) is 0 Å². The zero-order valence-corrected chi connectivity index (χ0v) is 14.4. The van der Waals surface area contributed by atoms with Crippen LogP contribution in [0.15, 0.2) is 0 Å². The fraction of sp³-hybridized carbons (Fsp3) is 1.00. The van der Waals surface area contributed by atoms with E-state index in [4.69, 9.17) is 30.4 Å². The smallest absolute Gasteiger partial charge is 0.224 e. The van der Waals surface area contributed by atoms with Gasteiger partial charge in [-0.2, -0.15) is 0 Å². The molecule has 27 heavy (non-hydrogen) atoms. The fourth-order valence-corrected chi connectivity index (χ4v) is 2.91. The Morgan fingerprint density at radius 1 is 0.926 bits per heavy atom. The Balaban J connectivity index is 2.23. The second kappa shape index (κ2) is 9.32. The van der Waals surface area contributed by atoms with Crippen molar-refractivity contribution in [2.75, 3.05) is 26.4 Å². The van der Waals surface area contributed by atoms with Gasteiger partial charge in [-0.05, 0) is 0 Å². The standard InChI is InChI=1S/C14H28N2O11/c15-1-7(16)24-4-14(12(23)9(20)6(3-18)26-14)27-13-11(22)10(21)8(19)5(2-17)25-13/h5-13,17-23H,1-4,15-16H2/t5-,6-,7?,8-,9-,10+,11-,12+,13-,14+/m1/s1. The summed E-state index contributed by atoms with van der Waals surface area (Å²) in [7, 11) is 0. The van der Waals surface area contributed by atoms with Gasteiger partial charge in [0.15, 0.2) is 6.29 Å². The molecule has 2 aliphatic rings. The van der Waals surface area contributed by atoms with Crippen LogP contribution in [0.1, 0.15) is 0 Å². The van der Waals surface area contributed by atoms with Gasteiger partial charge in [0.25, 0.3) is 0 Å². The van der Waals surface area contributed by atoms with E-state index in [1.165, 1.54) is 0 Å². The first-order valence-electron chi connectivity index (χ1n) is 8.41. The summed E-state index contributed by atoms with van der Waals surface area (Å²) in [4.78, 5) is 0. The van der Waals surface area contributed by atoms with E-state index in [9.17, 15) is 35.7 Å². The summed E-state index contributed by atoms with van der Waals surface area (Å²) in [5, 5.41) is 68.8. The van der Waals surface area contributed by atoms with E-state index in [0.29, 0.717) is 0 Å². The van der Waals surface area contributed by atoms with Crippen molar-refractivity contribution in [2.45, 2.75) is 61.0 Å². The van der Waals surface area contributed by atoms with Crippen molar-refractivity contribution in [1.29, 1.82) is 0 Å². The lowest BCUT2D eigenvalue weighted by Gasteiger charge is -2.43. The van der Waals surface area contributed by atoms with Crippen molar-refractivity contribution < 1.29 is 54.7 Å². The van der Waals surface area contributed by atoms with E-state index in [1.54, 1.807) is 0 Å². The molecule has 13 nitrogen and oxygen atoms in total. The average molecular weight is 400 g/mol. The number of aliphatic hydroxyl groups excluding tert-OH is 7. The Kier molecular flexibility index (Phi) is 7.86. The van der Waals surface area contributed by atoms with Gasteiger partial charge < -0.3 is 66.2 Å². The molecule has 0 aliphatic carbocycles. The molecule has 10 atom stereocenters. The van der Waals surface area contributed by atoms with Crippen LogP contribution in [-0.4, -0.2) is 123 Å². The van der Waals surface area contributed by atoms with Crippen molar-refractivity contribution in [3.63, 3.8) is 0 Å². The fourth-order valence-electron chi connectivity index (χ4n) is 2.91. The molecular weight excluding hydrogens is 372 g/mol. The first-order chi connectivity index (χ1) is 12.7. The molecule has 2 saturated heterocycles. The SMILES string of the molecule is NCC(N)OC[C@@]1(O[C@H]2O[C@H](CO)[C@@H](O)[C@H](O)[C@H]2O)O[C@H](CO)[C@@H](O)[C@@H]1O. The summed E-state index contributed by atoms with van der Waals surface area (Å²) in [6.07, 6.45) is -13.6. The van der Waals surface area contributed by atoms with Gasteiger partial charge in [-0.15, -0.1) is 0 Å². The first kappa shape index (κ1) is 22.8. The van der Waals surface area contributed by atoms with Gasteiger partial charge in [0.2, 0.25) is 5.79 Å². The van der Waals surface area contributed by atoms with Crippen LogP contribution < -0.4 is 11.5 Å². The molecule has 0 amide bonds. The molecule has 11 N–H and O–H groups in total. The average Bonchev–Trinajstić information content (AvgIpc) is 2.91. The number of nitrogens with two attached hydrogens (primary N) is 2. The van der Waals surface area contributed by atoms with Gasteiger partial charge in [-0.25, -0.2) is 0 Å². The maximum Gasteiger partial charge on any atom is 0.224 e. The highest BCUT2D eigenvalue weighted by Crippen LogP contribution is 2.36. The van der Waals surface area contributed by atoms with Crippen molar-refractivity contribution in [2.24, 2.45) is 11.5 Å². The lowest BCUT2D eigenvalue weighted by molar-refractivity contribution is -0.386. The Morgan fingerprint density at radius 2 is 1.56 bits per heavy atom. The van der Waals surface area contributed by atoms with E-state index in [1.807, 2.05) is 0 Å². The Hall–Kier alpha value is -0.520. The van der Waals surface area contributed by atoms with E-state index in [0.717, 1.165) is 0 Å². The largest absolute Gasteiger partial charge is 0.394 e. The maximum atomic E-state index is 10.4. The minimum atomic E-state index is -2.15. The van der Waals surface area contributed by atoms with Gasteiger partial charge in [0.05, 0.1) is 13.2 Å². The monoisotopic (exact) mass is 400 g/mol. The summed E-state index contributed by atoms with van der Waals surface area (Å²) in [5.74, 6) is -2.15. The van der Waals surface area contributed by atoms with Crippen LogP contribution in [0, 0.1) is 0 Å². The van der Waals surface area contributed by atoms with Crippen LogP contribution >= 0.6 is 0 Å². The zero-order chi connectivity index (χ0) is 20.4. The molecule has 2 heterocycles. The molecule has 0 spiro atoms. The normalized spacial score (nSPS) is 46.6. The van der Waals surface area contributed by atoms with Crippen LogP contribution in [0.4, 0.5) is 0 Å². The zero-order valence-electron chi connectivity index (χ0n) is 14.4. The summed E-state index contributed by atoms with van der Waals surface area (Å²) < 4.78 is 21.3. The van der Waals surface area contributed by atoms with Crippen LogP contribution in [-0.2, 0) is 18.9 Å². The van der Waals surface area contributed by atoms with Gasteiger partial charge in [0.1, 0.15) is 55.6 Å². The molecule has 2 aliphatic heterocycles. The Bertz CT molecular complexity index is 472. The summed E-state index contributed by atoms with van der Waals surface area (Å²) >= 11 is 0. The lowest BCUT2D eigenvalue weighted by atomic mass is 9.99. The molecule has 0 bridgehead atoms. The van der Waals surface area contributed by atoms with E-state index < -0.39 is 80.9 Å². The molecule has 0 aromatic carbocycles. The Morgan fingerprint density at radius 3 is 2.07 bits per heavy atom. The van der Waals surface area contributed by atoms with Crippen molar-refractivity contribution in [3.05, 3.63) is 0 Å². The van der Waals surface area contributed by atoms with E-state index >= 15 is 0 Å². The molecule has 0 aromatic rings. The second-order valence-electron chi connectivity index (χ2n) is 6.49. The molecule has 2 fully saturated rings. The first-order valence-corrected chi connectivity index (χ1v) is 8.41. The van der Waals surface area contributed by atoms with Crippen LogP contribution in [0.25, 0.3) is 0 Å². The number of rotatable bonds is 8. The number of hydrogen-bond acceptors (Lipinski definition) is 13. The number of aliphatic hydroxyl groups is 7.